The topological polar surface area (TPSA) is 0 Å². The molecule has 0 fully saturated rings. The van der Waals surface area contributed by atoms with E-state index in [1.807, 2.05) is 0 Å². The van der Waals surface area contributed by atoms with E-state index in [0.29, 0.717) is 5.92 Å². The van der Waals surface area contributed by atoms with Crippen LogP contribution in [-0.4, -0.2) is 0 Å². The highest BCUT2D eigenvalue weighted by molar-refractivity contribution is 5.01. The van der Waals surface area contributed by atoms with Crippen LogP contribution in [0.15, 0.2) is 23.8 Å². The van der Waals surface area contributed by atoms with Gasteiger partial charge in [-0.15, -0.1) is 0 Å². The summed E-state index contributed by atoms with van der Waals surface area (Å²) in [5.41, 5.74) is 2.67. The van der Waals surface area contributed by atoms with Crippen molar-refractivity contribution in [1.29, 1.82) is 0 Å². The maximum Gasteiger partial charge on any atom is -0.0202 e. The first-order valence-electron chi connectivity index (χ1n) is 3.82. The zero-order chi connectivity index (χ0) is 8.15. The molecule has 0 aliphatic carbocycles. The van der Waals surface area contributed by atoms with Gasteiger partial charge >= 0.3 is 0 Å². The minimum atomic E-state index is 0.634. The molecule has 0 aromatic rings. The molecule has 0 aliphatic heterocycles. The van der Waals surface area contributed by atoms with Crippen molar-refractivity contribution in [2.45, 2.75) is 34.1 Å². The van der Waals surface area contributed by atoms with Crippen LogP contribution in [0.1, 0.15) is 34.1 Å². The Morgan fingerprint density at radius 1 is 1.40 bits per heavy atom. The van der Waals surface area contributed by atoms with Crippen LogP contribution < -0.4 is 0 Å². The molecular weight excluding hydrogens is 120 g/mol. The van der Waals surface area contributed by atoms with Crippen LogP contribution in [0.3, 0.4) is 0 Å². The van der Waals surface area contributed by atoms with Crippen molar-refractivity contribution in [2.75, 3.05) is 0 Å². The number of hydrogen-bond acceptors (Lipinski definition) is 0. The van der Waals surface area contributed by atoms with Crippen LogP contribution >= 0.6 is 0 Å². The third-order valence-corrected chi connectivity index (χ3v) is 1.72. The lowest BCUT2D eigenvalue weighted by Gasteiger charge is -2.06. The highest BCUT2D eigenvalue weighted by Gasteiger charge is 1.97. The lowest BCUT2D eigenvalue weighted by Crippen LogP contribution is -1.92. The Labute approximate surface area is 64.6 Å². The molecule has 0 N–H and O–H groups in total. The van der Waals surface area contributed by atoms with Gasteiger partial charge in [0.1, 0.15) is 0 Å². The Balaban J connectivity index is 3.70. The molecule has 0 aromatic carbocycles. The van der Waals surface area contributed by atoms with E-state index in [1.165, 1.54) is 11.1 Å². The molecule has 0 saturated heterocycles. The van der Waals surface area contributed by atoms with Crippen molar-refractivity contribution >= 4 is 0 Å². The zero-order valence-electron chi connectivity index (χ0n) is 7.57. The average molecular weight is 138 g/mol. The van der Waals surface area contributed by atoms with E-state index in [4.69, 9.17) is 0 Å². The van der Waals surface area contributed by atoms with Gasteiger partial charge in [0.2, 0.25) is 0 Å². The molecule has 0 heteroatoms. The van der Waals surface area contributed by atoms with E-state index in [-0.39, 0.29) is 0 Å². The van der Waals surface area contributed by atoms with Gasteiger partial charge in [-0.25, -0.2) is 0 Å². The fourth-order valence-corrected chi connectivity index (χ4v) is 0.614. The van der Waals surface area contributed by atoms with E-state index in [1.54, 1.807) is 0 Å². The average Bonchev–Trinajstić information content (AvgIpc) is 1.82. The molecule has 0 amide bonds. The Bertz CT molecular complexity index is 136. The van der Waals surface area contributed by atoms with Gasteiger partial charge in [-0.1, -0.05) is 30.7 Å². The molecule has 0 heterocycles. The van der Waals surface area contributed by atoms with Gasteiger partial charge in [-0.05, 0) is 33.1 Å². The van der Waals surface area contributed by atoms with E-state index >= 15 is 0 Å². The van der Waals surface area contributed by atoms with Crippen LogP contribution in [0.5, 0.6) is 0 Å². The summed E-state index contributed by atoms with van der Waals surface area (Å²) in [5.74, 6) is 0.634. The first kappa shape index (κ1) is 9.48. The highest BCUT2D eigenvalue weighted by atomic mass is 14.0. The normalized spacial score (nSPS) is 12.4. The van der Waals surface area contributed by atoms with E-state index in [2.05, 4.69) is 40.3 Å². The van der Waals surface area contributed by atoms with Crippen molar-refractivity contribution < 1.29 is 0 Å². The molecule has 0 bridgehead atoms. The maximum absolute atomic E-state index is 3.90. The maximum atomic E-state index is 3.90. The van der Waals surface area contributed by atoms with Crippen LogP contribution in [0.2, 0.25) is 0 Å². The van der Waals surface area contributed by atoms with E-state index in [0.717, 1.165) is 6.42 Å². The minimum Gasteiger partial charge on any atom is -0.0999 e. The Morgan fingerprint density at radius 2 is 1.90 bits per heavy atom. The fraction of sp³-hybridized carbons (Fsp3) is 0.600. The van der Waals surface area contributed by atoms with Crippen LogP contribution in [-0.2, 0) is 0 Å². The molecule has 0 spiro atoms. The minimum absolute atomic E-state index is 0.634. The van der Waals surface area contributed by atoms with Gasteiger partial charge in [0.25, 0.3) is 0 Å². The van der Waals surface area contributed by atoms with Gasteiger partial charge in [0.05, 0.1) is 0 Å². The lowest BCUT2D eigenvalue weighted by molar-refractivity contribution is 0.695. The summed E-state index contributed by atoms with van der Waals surface area (Å²) in [5, 5.41) is 0. The molecule has 1 atom stereocenters. The Hall–Kier alpha value is -0.520. The van der Waals surface area contributed by atoms with Crippen molar-refractivity contribution in [1.82, 2.24) is 0 Å². The quantitative estimate of drug-likeness (QED) is 0.523. The molecule has 0 aromatic heterocycles. The lowest BCUT2D eigenvalue weighted by atomic mass is 10.00. The molecule has 0 unspecified atom stereocenters. The van der Waals surface area contributed by atoms with E-state index < -0.39 is 0 Å². The van der Waals surface area contributed by atoms with Crippen molar-refractivity contribution in [2.24, 2.45) is 5.92 Å². The second-order valence-electron chi connectivity index (χ2n) is 3.26. The molecule has 0 nitrogen and oxygen atoms in total. The van der Waals surface area contributed by atoms with Gasteiger partial charge in [0, 0.05) is 0 Å². The predicted molar refractivity (Wildman–Crippen MR) is 48.0 cm³/mol. The van der Waals surface area contributed by atoms with Crippen LogP contribution in [0, 0.1) is 5.92 Å². The third-order valence-electron chi connectivity index (χ3n) is 1.72. The zero-order valence-corrected chi connectivity index (χ0v) is 7.57. The van der Waals surface area contributed by atoms with Gasteiger partial charge < -0.3 is 0 Å². The van der Waals surface area contributed by atoms with Gasteiger partial charge in [-0.2, -0.15) is 0 Å². The first-order chi connectivity index (χ1) is 4.54. The summed E-state index contributed by atoms with van der Waals surface area (Å²) in [6, 6.07) is 0. The Kier molecular flexibility index (Phi) is 4.10. The summed E-state index contributed by atoms with van der Waals surface area (Å²) >= 11 is 0. The smallest absolute Gasteiger partial charge is 0.0202 e. The summed E-state index contributed by atoms with van der Waals surface area (Å²) in [6.07, 6.45) is 3.40. The first-order valence-corrected chi connectivity index (χ1v) is 3.82. The molecular formula is C10H18. The molecule has 0 radical (unpaired) electrons. The van der Waals surface area contributed by atoms with Crippen molar-refractivity contribution in [3.05, 3.63) is 23.8 Å². The second kappa shape index (κ2) is 4.32. The second-order valence-corrected chi connectivity index (χ2v) is 3.26. The summed E-state index contributed by atoms with van der Waals surface area (Å²) < 4.78 is 0. The standard InChI is InChI=1S/C10H18/c1-8(2)6-7-10(5)9(3)4/h6,10H,3,7H2,1-2,4-5H3/t10-/m1/s1. The van der Waals surface area contributed by atoms with Crippen LogP contribution in [0.25, 0.3) is 0 Å². The molecule has 58 valence electrons. The number of hydrogen-bond donors (Lipinski definition) is 0. The highest BCUT2D eigenvalue weighted by Crippen LogP contribution is 2.12. The van der Waals surface area contributed by atoms with Gasteiger partial charge in [0.15, 0.2) is 0 Å². The van der Waals surface area contributed by atoms with Crippen molar-refractivity contribution in [3.8, 4) is 0 Å². The SMILES string of the molecule is C=C(C)[C@H](C)CC=C(C)C. The fourth-order valence-electron chi connectivity index (χ4n) is 0.614. The van der Waals surface area contributed by atoms with Crippen molar-refractivity contribution in [3.63, 3.8) is 0 Å². The monoisotopic (exact) mass is 138 g/mol. The summed E-state index contributed by atoms with van der Waals surface area (Å²) in [6.45, 7) is 12.5. The third kappa shape index (κ3) is 4.37. The van der Waals surface area contributed by atoms with Gasteiger partial charge in [-0.3, -0.25) is 0 Å². The molecule has 0 saturated carbocycles. The molecule has 0 aliphatic rings. The predicted octanol–water partition coefficient (Wildman–Crippen LogP) is 3.55. The van der Waals surface area contributed by atoms with Crippen LogP contribution in [0.4, 0.5) is 0 Å². The largest absolute Gasteiger partial charge is 0.0999 e. The summed E-state index contributed by atoms with van der Waals surface area (Å²) in [7, 11) is 0. The van der Waals surface area contributed by atoms with E-state index in [9.17, 15) is 0 Å². The Morgan fingerprint density at radius 3 is 2.20 bits per heavy atom. The molecule has 10 heavy (non-hydrogen) atoms. The summed E-state index contributed by atoms with van der Waals surface area (Å²) in [4.78, 5) is 0. The number of allylic oxidation sites excluding steroid dienone is 3. The number of rotatable bonds is 3. The molecule has 0 rings (SSSR count).